The predicted molar refractivity (Wildman–Crippen MR) is 160 cm³/mol. The van der Waals surface area contributed by atoms with E-state index in [1.807, 2.05) is 72.8 Å². The van der Waals surface area contributed by atoms with Crippen molar-refractivity contribution in [2.75, 3.05) is 19.8 Å². The molecule has 2 aliphatic rings. The van der Waals surface area contributed by atoms with E-state index in [0.29, 0.717) is 37.7 Å². The zero-order chi connectivity index (χ0) is 30.4. The maximum Gasteiger partial charge on any atom is 0.408 e. The monoisotopic (exact) mass is 586 g/mol. The Kier molecular flexibility index (Phi) is 9.31. The summed E-state index contributed by atoms with van der Waals surface area (Å²) < 4.78 is 23.4. The molecule has 0 aromatic heterocycles. The first-order valence-corrected chi connectivity index (χ1v) is 14.6. The highest BCUT2D eigenvalue weighted by atomic mass is 16.6. The molecule has 3 aromatic carbocycles. The molecule has 0 saturated carbocycles. The van der Waals surface area contributed by atoms with Crippen LogP contribution in [-0.2, 0) is 38.5 Å². The van der Waals surface area contributed by atoms with Crippen LogP contribution in [0.25, 0.3) is 0 Å². The number of carbonyl (C=O) groups excluding carboxylic acids is 3. The highest BCUT2D eigenvalue weighted by molar-refractivity contribution is 5.89. The van der Waals surface area contributed by atoms with Crippen LogP contribution in [-0.4, -0.2) is 60.7 Å². The molecule has 43 heavy (non-hydrogen) atoms. The lowest BCUT2D eigenvalue weighted by molar-refractivity contribution is -0.144. The van der Waals surface area contributed by atoms with Crippen molar-refractivity contribution in [2.24, 2.45) is 0 Å². The lowest BCUT2D eigenvalue weighted by Crippen LogP contribution is -2.57. The highest BCUT2D eigenvalue weighted by Gasteiger charge is 2.42. The molecule has 5 rings (SSSR count). The van der Waals surface area contributed by atoms with Crippen molar-refractivity contribution >= 4 is 18.3 Å². The van der Waals surface area contributed by atoms with Crippen LogP contribution in [0.5, 0.6) is 11.5 Å². The van der Waals surface area contributed by atoms with Crippen molar-refractivity contribution in [3.63, 3.8) is 0 Å². The number of benzene rings is 3. The smallest absolute Gasteiger partial charge is 0.408 e. The molecule has 0 radical (unpaired) electrons. The summed E-state index contributed by atoms with van der Waals surface area (Å²) in [6.45, 7) is 6.59. The summed E-state index contributed by atoms with van der Waals surface area (Å²) in [6, 6.07) is 20.6. The van der Waals surface area contributed by atoms with E-state index >= 15 is 0 Å². The minimum absolute atomic E-state index is 0.127. The van der Waals surface area contributed by atoms with Crippen molar-refractivity contribution in [3.05, 3.63) is 95.1 Å². The molecule has 0 bridgehead atoms. The maximum atomic E-state index is 14.5. The molecule has 226 valence electrons. The van der Waals surface area contributed by atoms with Crippen LogP contribution in [0.2, 0.25) is 0 Å². The molecular formula is C34H38N2O7. The lowest BCUT2D eigenvalue weighted by Gasteiger charge is -2.43. The molecule has 1 N–H and O–H groups in total. The van der Waals surface area contributed by atoms with Gasteiger partial charge in [-0.2, -0.15) is 0 Å². The third-order valence-corrected chi connectivity index (χ3v) is 7.36. The summed E-state index contributed by atoms with van der Waals surface area (Å²) in [5, 5.41) is 2.79. The first-order valence-electron chi connectivity index (χ1n) is 14.6. The lowest BCUT2D eigenvalue weighted by atomic mass is 9.87. The van der Waals surface area contributed by atoms with Crippen molar-refractivity contribution in [3.8, 4) is 11.5 Å². The number of alkyl carbamates (subject to hydrolysis) is 1. The molecule has 0 spiro atoms. The number of nitrogens with zero attached hydrogens (tertiary/aromatic N) is 1. The predicted octanol–water partition coefficient (Wildman–Crippen LogP) is 4.80. The SMILES string of the molecule is CC(C)(C)OC(=O)NC(Cc1ccccc1)C(=O)N1C(C=O)Cc2cc3c(cc2C1COCc1ccccc1)OCCO3. The van der Waals surface area contributed by atoms with E-state index in [1.165, 1.54) is 0 Å². The normalized spacial score (nSPS) is 18.3. The van der Waals surface area contributed by atoms with Crippen LogP contribution in [0.1, 0.15) is 49.1 Å². The fraction of sp³-hybridized carbons (Fsp3) is 0.382. The third-order valence-electron chi connectivity index (χ3n) is 7.36. The molecule has 0 aliphatic carbocycles. The summed E-state index contributed by atoms with van der Waals surface area (Å²) in [5.41, 5.74) is 2.79. The van der Waals surface area contributed by atoms with E-state index in [2.05, 4.69) is 5.32 Å². The number of aldehydes is 1. The van der Waals surface area contributed by atoms with Gasteiger partial charge in [0.1, 0.15) is 31.1 Å². The van der Waals surface area contributed by atoms with Gasteiger partial charge >= 0.3 is 6.09 Å². The van der Waals surface area contributed by atoms with E-state index in [1.54, 1.807) is 25.7 Å². The van der Waals surface area contributed by atoms with Gasteiger partial charge in [0.15, 0.2) is 11.5 Å². The molecule has 0 fully saturated rings. The number of amides is 2. The molecule has 2 aliphatic heterocycles. The number of fused-ring (bicyclic) bond motifs is 2. The number of hydrogen-bond donors (Lipinski definition) is 1. The minimum Gasteiger partial charge on any atom is -0.486 e. The standard InChI is InChI=1S/C34H38N2O7/c1-34(2,3)43-33(39)35-28(16-23-10-6-4-7-11-23)32(38)36-26(20-37)17-25-18-30-31(42-15-14-41-30)19-27(25)29(36)22-40-21-24-12-8-5-9-13-24/h4-13,18-20,26,28-29H,14-17,21-22H2,1-3H3,(H,35,39). The Hall–Kier alpha value is -4.37. The quantitative estimate of drug-likeness (QED) is 0.359. The van der Waals surface area contributed by atoms with Crippen LogP contribution in [0.15, 0.2) is 72.8 Å². The molecule has 2 heterocycles. The second kappa shape index (κ2) is 13.3. The van der Waals surface area contributed by atoms with Gasteiger partial charge in [0.25, 0.3) is 0 Å². The topological polar surface area (TPSA) is 103 Å². The fourth-order valence-corrected chi connectivity index (χ4v) is 5.48. The number of nitrogens with one attached hydrogen (secondary N) is 1. The average Bonchev–Trinajstić information content (AvgIpc) is 2.99. The molecule has 9 nitrogen and oxygen atoms in total. The first-order chi connectivity index (χ1) is 20.7. The molecule has 3 atom stereocenters. The molecule has 2 amide bonds. The maximum absolute atomic E-state index is 14.5. The number of hydrogen-bond acceptors (Lipinski definition) is 7. The van der Waals surface area contributed by atoms with Gasteiger partial charge in [-0.05, 0) is 55.2 Å². The van der Waals surface area contributed by atoms with E-state index in [9.17, 15) is 14.4 Å². The molecule has 3 aromatic rings. The summed E-state index contributed by atoms with van der Waals surface area (Å²) >= 11 is 0. The van der Waals surface area contributed by atoms with Gasteiger partial charge in [-0.3, -0.25) is 4.79 Å². The highest BCUT2D eigenvalue weighted by Crippen LogP contribution is 2.41. The Labute approximate surface area is 252 Å². The Bertz CT molecular complexity index is 1420. The van der Waals surface area contributed by atoms with Gasteiger partial charge in [0.2, 0.25) is 5.91 Å². The molecule has 0 saturated heterocycles. The zero-order valence-corrected chi connectivity index (χ0v) is 24.8. The van der Waals surface area contributed by atoms with E-state index in [-0.39, 0.29) is 13.0 Å². The Morgan fingerprint density at radius 3 is 2.23 bits per heavy atom. The van der Waals surface area contributed by atoms with Gasteiger partial charge in [-0.1, -0.05) is 60.7 Å². The molecule has 3 unspecified atom stereocenters. The Morgan fingerprint density at radius 1 is 0.977 bits per heavy atom. The van der Waals surface area contributed by atoms with Crippen LogP contribution < -0.4 is 14.8 Å². The second-order valence-electron chi connectivity index (χ2n) is 11.8. The van der Waals surface area contributed by atoms with Crippen LogP contribution in [0.4, 0.5) is 4.79 Å². The summed E-state index contributed by atoms with van der Waals surface area (Å²) in [4.78, 5) is 41.6. The third kappa shape index (κ3) is 7.53. The van der Waals surface area contributed by atoms with Gasteiger partial charge in [0, 0.05) is 12.8 Å². The number of rotatable bonds is 9. The van der Waals surface area contributed by atoms with E-state index < -0.39 is 35.7 Å². The van der Waals surface area contributed by atoms with Crippen molar-refractivity contribution in [1.82, 2.24) is 10.2 Å². The van der Waals surface area contributed by atoms with Gasteiger partial charge in [0.05, 0.1) is 25.3 Å². The van der Waals surface area contributed by atoms with Crippen LogP contribution in [0, 0.1) is 0 Å². The van der Waals surface area contributed by atoms with Crippen molar-refractivity contribution in [1.29, 1.82) is 0 Å². The number of ether oxygens (including phenoxy) is 4. The van der Waals surface area contributed by atoms with Crippen molar-refractivity contribution < 1.29 is 33.3 Å². The van der Waals surface area contributed by atoms with Gasteiger partial charge < -0.3 is 34.0 Å². The summed E-state index contributed by atoms with van der Waals surface area (Å²) in [5.74, 6) is 0.801. The van der Waals surface area contributed by atoms with Crippen molar-refractivity contribution in [2.45, 2.75) is 63.9 Å². The van der Waals surface area contributed by atoms with E-state index in [4.69, 9.17) is 18.9 Å². The largest absolute Gasteiger partial charge is 0.486 e. The summed E-state index contributed by atoms with van der Waals surface area (Å²) in [7, 11) is 0. The molecular weight excluding hydrogens is 548 g/mol. The number of carbonyl (C=O) groups is 3. The average molecular weight is 587 g/mol. The zero-order valence-electron chi connectivity index (χ0n) is 24.8. The first kappa shape index (κ1) is 30.1. The van der Waals surface area contributed by atoms with Crippen LogP contribution in [0.3, 0.4) is 0 Å². The molecule has 9 heteroatoms. The summed E-state index contributed by atoms with van der Waals surface area (Å²) in [6.07, 6.45) is 0.584. The second-order valence-corrected chi connectivity index (χ2v) is 11.8. The van der Waals surface area contributed by atoms with Gasteiger partial charge in [-0.15, -0.1) is 0 Å². The van der Waals surface area contributed by atoms with Gasteiger partial charge in [-0.25, -0.2) is 4.79 Å². The fourth-order valence-electron chi connectivity index (χ4n) is 5.48. The Balaban J connectivity index is 1.50. The Morgan fingerprint density at radius 2 is 1.60 bits per heavy atom. The minimum atomic E-state index is -0.991. The van der Waals surface area contributed by atoms with E-state index in [0.717, 1.165) is 28.5 Å². The van der Waals surface area contributed by atoms with Crippen LogP contribution >= 0.6 is 0 Å².